The monoisotopic (exact) mass is 456 g/mol. The predicted octanol–water partition coefficient (Wildman–Crippen LogP) is 3.84. The van der Waals surface area contributed by atoms with E-state index in [4.69, 9.17) is 15.2 Å². The number of pyridine rings is 1. The van der Waals surface area contributed by atoms with Crippen molar-refractivity contribution in [2.75, 3.05) is 19.4 Å². The topological polar surface area (TPSA) is 93.5 Å². The van der Waals surface area contributed by atoms with Crippen molar-refractivity contribution in [2.24, 2.45) is 0 Å². The van der Waals surface area contributed by atoms with Crippen molar-refractivity contribution in [3.8, 4) is 0 Å². The molecule has 0 fully saturated rings. The molecular formula is C21H21BrN4O3. The Hall–Kier alpha value is -2.42. The zero-order valence-corrected chi connectivity index (χ0v) is 17.7. The number of hydrogen-bond donors (Lipinski definition) is 2. The fourth-order valence-corrected chi connectivity index (χ4v) is 4.71. The Morgan fingerprint density at radius 3 is 3.00 bits per heavy atom. The molecule has 0 radical (unpaired) electrons. The number of rotatable bonds is 2. The second-order valence-electron chi connectivity index (χ2n) is 7.58. The smallest absolute Gasteiger partial charge is 0.270 e. The molecule has 0 unspecified atom stereocenters. The number of nitrogens with zero attached hydrogens (tertiary/aromatic N) is 2. The highest BCUT2D eigenvalue weighted by atomic mass is 79.9. The molecule has 150 valence electrons. The third-order valence-electron chi connectivity index (χ3n) is 5.84. The van der Waals surface area contributed by atoms with Gasteiger partial charge in [-0.3, -0.25) is 4.79 Å². The minimum absolute atomic E-state index is 0.0951. The van der Waals surface area contributed by atoms with E-state index in [1.165, 1.54) is 0 Å². The van der Waals surface area contributed by atoms with Crippen molar-refractivity contribution in [3.05, 3.63) is 56.7 Å². The van der Waals surface area contributed by atoms with Crippen LogP contribution in [0.4, 0.5) is 5.82 Å². The first kappa shape index (κ1) is 18.6. The van der Waals surface area contributed by atoms with Gasteiger partial charge in [-0.1, -0.05) is 22.0 Å². The van der Waals surface area contributed by atoms with Gasteiger partial charge in [-0.25, -0.2) is 4.98 Å². The Morgan fingerprint density at radius 2 is 2.17 bits per heavy atom. The number of benzene rings is 1. The maximum atomic E-state index is 13.3. The van der Waals surface area contributed by atoms with Crippen LogP contribution in [0.5, 0.6) is 0 Å². The van der Waals surface area contributed by atoms with Gasteiger partial charge in [-0.15, -0.1) is 0 Å². The molecular weight excluding hydrogens is 436 g/mol. The summed E-state index contributed by atoms with van der Waals surface area (Å²) < 4.78 is 12.5. The Balaban J connectivity index is 1.51. The van der Waals surface area contributed by atoms with E-state index in [1.807, 2.05) is 19.1 Å². The van der Waals surface area contributed by atoms with Crippen molar-refractivity contribution in [3.63, 3.8) is 0 Å². The number of amides is 1. The van der Waals surface area contributed by atoms with Gasteiger partial charge in [0.25, 0.3) is 5.91 Å². The number of aromatic amines is 1. The molecule has 0 aliphatic carbocycles. The van der Waals surface area contributed by atoms with E-state index >= 15 is 0 Å². The number of hydrogen-bond acceptors (Lipinski definition) is 5. The summed E-state index contributed by atoms with van der Waals surface area (Å²) in [6, 6.07) is 7.70. The number of aromatic nitrogens is 2. The minimum Gasteiger partial charge on any atom is -0.383 e. The average molecular weight is 457 g/mol. The number of nitrogen functional groups attached to an aromatic ring is 1. The molecule has 4 heterocycles. The minimum atomic E-state index is -0.155. The number of carbonyl (C=O) groups is 1. The van der Waals surface area contributed by atoms with Crippen LogP contribution in [0.2, 0.25) is 0 Å². The van der Waals surface area contributed by atoms with Crippen LogP contribution in [-0.4, -0.2) is 34.4 Å². The van der Waals surface area contributed by atoms with Crippen molar-refractivity contribution < 1.29 is 14.3 Å². The summed E-state index contributed by atoms with van der Waals surface area (Å²) in [4.78, 5) is 22.7. The van der Waals surface area contributed by atoms with Crippen molar-refractivity contribution in [1.82, 2.24) is 14.9 Å². The molecule has 1 aromatic carbocycles. The van der Waals surface area contributed by atoms with E-state index in [2.05, 4.69) is 32.0 Å². The van der Waals surface area contributed by atoms with Crippen LogP contribution in [0.3, 0.4) is 0 Å². The Kier molecular flexibility index (Phi) is 4.38. The highest BCUT2D eigenvalue weighted by Crippen LogP contribution is 2.38. The van der Waals surface area contributed by atoms with Crippen molar-refractivity contribution in [1.29, 1.82) is 0 Å². The van der Waals surface area contributed by atoms with Crippen molar-refractivity contribution in [2.45, 2.75) is 32.3 Å². The van der Waals surface area contributed by atoms with E-state index in [1.54, 1.807) is 18.0 Å². The van der Waals surface area contributed by atoms with E-state index in [9.17, 15) is 4.79 Å². The Bertz CT molecular complexity index is 1140. The molecule has 0 saturated heterocycles. The lowest BCUT2D eigenvalue weighted by Gasteiger charge is -2.33. The highest BCUT2D eigenvalue weighted by molar-refractivity contribution is 9.10. The lowest BCUT2D eigenvalue weighted by molar-refractivity contribution is 0.0343. The van der Waals surface area contributed by atoms with Crippen LogP contribution in [0, 0.1) is 0 Å². The van der Waals surface area contributed by atoms with E-state index in [0.717, 1.165) is 32.2 Å². The average Bonchev–Trinajstić information content (AvgIpc) is 3.30. The number of likely N-dealkylation sites (N-methyl/N-ethyl adjacent to an activating group) is 1. The lowest BCUT2D eigenvalue weighted by atomic mass is 9.98. The maximum Gasteiger partial charge on any atom is 0.270 e. The third-order valence-corrected chi connectivity index (χ3v) is 6.33. The zero-order chi connectivity index (χ0) is 20.3. The first-order chi connectivity index (χ1) is 13.9. The molecule has 1 amide bonds. The van der Waals surface area contributed by atoms with Gasteiger partial charge in [0.1, 0.15) is 11.5 Å². The first-order valence-corrected chi connectivity index (χ1v) is 10.3. The summed E-state index contributed by atoms with van der Waals surface area (Å²) in [7, 11) is 1.80. The summed E-state index contributed by atoms with van der Waals surface area (Å²) in [5.74, 6) is 0.343. The van der Waals surface area contributed by atoms with Crippen LogP contribution in [0.15, 0.2) is 28.7 Å². The SMILES string of the molecule is C[C@H]1OCc2c1c(N)nc1cc(C(=O)N(C)[C@H]3COCc4cc(Br)ccc43)[nH]c21. The second kappa shape index (κ2) is 6.83. The summed E-state index contributed by atoms with van der Waals surface area (Å²) in [6.07, 6.45) is -0.0951. The van der Waals surface area contributed by atoms with Gasteiger partial charge >= 0.3 is 0 Å². The molecule has 2 aliphatic heterocycles. The molecule has 2 aromatic heterocycles. The van der Waals surface area contributed by atoms with Gasteiger partial charge in [0.15, 0.2) is 0 Å². The molecule has 7 nitrogen and oxygen atoms in total. The normalized spacial score (nSPS) is 20.5. The Labute approximate surface area is 176 Å². The molecule has 0 saturated carbocycles. The summed E-state index contributed by atoms with van der Waals surface area (Å²) in [5.41, 5.74) is 12.2. The van der Waals surface area contributed by atoms with Gasteiger partial charge in [-0.05, 0) is 36.2 Å². The standard InChI is InChI=1S/C21H21BrN4O3/c1-10-18-14(8-29-10)19-15(25-20(18)23)6-16(24-19)21(27)26(2)17-9-28-7-11-5-12(22)3-4-13(11)17/h3-6,10,17,24H,7-9H2,1-2H3,(H2,23,25)/t10-,17+/m1/s1. The van der Waals surface area contributed by atoms with Crippen LogP contribution in [0.1, 0.15) is 51.8 Å². The largest absolute Gasteiger partial charge is 0.383 e. The number of nitrogens with two attached hydrogens (primary N) is 1. The number of nitrogens with one attached hydrogen (secondary N) is 1. The van der Waals surface area contributed by atoms with Crippen LogP contribution in [0.25, 0.3) is 11.0 Å². The number of fused-ring (bicyclic) bond motifs is 4. The number of anilines is 1. The maximum absolute atomic E-state index is 13.3. The van der Waals surface area contributed by atoms with E-state index in [-0.39, 0.29) is 18.1 Å². The molecule has 0 spiro atoms. The summed E-state index contributed by atoms with van der Waals surface area (Å²) in [5, 5.41) is 0. The summed E-state index contributed by atoms with van der Waals surface area (Å²) >= 11 is 3.50. The van der Waals surface area contributed by atoms with Gasteiger partial charge in [0, 0.05) is 22.6 Å². The molecule has 0 bridgehead atoms. The van der Waals surface area contributed by atoms with Crippen LogP contribution < -0.4 is 5.73 Å². The summed E-state index contributed by atoms with van der Waals surface area (Å²) in [6.45, 7) is 3.43. The number of carbonyl (C=O) groups excluding carboxylic acids is 1. The van der Waals surface area contributed by atoms with E-state index < -0.39 is 0 Å². The highest BCUT2D eigenvalue weighted by Gasteiger charge is 2.31. The second-order valence-corrected chi connectivity index (χ2v) is 8.49. The molecule has 8 heteroatoms. The first-order valence-electron chi connectivity index (χ1n) is 9.50. The Morgan fingerprint density at radius 1 is 1.34 bits per heavy atom. The number of H-pyrrole nitrogens is 1. The lowest BCUT2D eigenvalue weighted by Crippen LogP contribution is -2.36. The third kappa shape index (κ3) is 2.94. The van der Waals surface area contributed by atoms with Gasteiger partial charge in [-0.2, -0.15) is 0 Å². The van der Waals surface area contributed by atoms with Gasteiger partial charge in [0.2, 0.25) is 0 Å². The zero-order valence-electron chi connectivity index (χ0n) is 16.2. The fourth-order valence-electron chi connectivity index (χ4n) is 4.30. The van der Waals surface area contributed by atoms with Crippen LogP contribution >= 0.6 is 15.9 Å². The van der Waals surface area contributed by atoms with Crippen LogP contribution in [-0.2, 0) is 22.7 Å². The molecule has 2 aliphatic rings. The van der Waals surface area contributed by atoms with Gasteiger partial charge < -0.3 is 25.1 Å². The number of ether oxygens (including phenoxy) is 2. The van der Waals surface area contributed by atoms with E-state index in [0.29, 0.717) is 36.8 Å². The predicted molar refractivity (Wildman–Crippen MR) is 112 cm³/mol. The molecule has 5 rings (SSSR count). The van der Waals surface area contributed by atoms with Gasteiger partial charge in [0.05, 0.1) is 43.0 Å². The fraction of sp³-hybridized carbons (Fsp3) is 0.333. The molecule has 2 atom stereocenters. The molecule has 29 heavy (non-hydrogen) atoms. The quantitative estimate of drug-likeness (QED) is 0.610. The number of halogens is 1. The molecule has 3 N–H and O–H groups in total. The molecule has 3 aromatic rings. The van der Waals surface area contributed by atoms with Crippen molar-refractivity contribution >= 4 is 38.7 Å².